The predicted molar refractivity (Wildman–Crippen MR) is 86.1 cm³/mol. The summed E-state index contributed by atoms with van der Waals surface area (Å²) in [6.45, 7) is 4.17. The van der Waals surface area contributed by atoms with E-state index in [1.165, 1.54) is 0 Å². The van der Waals surface area contributed by atoms with Crippen LogP contribution in [0.3, 0.4) is 0 Å². The molecule has 0 saturated heterocycles. The molecule has 24 heavy (non-hydrogen) atoms. The van der Waals surface area contributed by atoms with Gasteiger partial charge in [0.05, 0.1) is 10.7 Å². The summed E-state index contributed by atoms with van der Waals surface area (Å²) in [6.07, 6.45) is 0.992. The number of halogens is 4. The van der Waals surface area contributed by atoms with E-state index in [9.17, 15) is 18.0 Å². The molecule has 1 aromatic heterocycles. The minimum Gasteiger partial charge on any atom is -0.354 e. The summed E-state index contributed by atoms with van der Waals surface area (Å²) in [4.78, 5) is 12.2. The zero-order valence-electron chi connectivity index (χ0n) is 13.9. The van der Waals surface area contributed by atoms with Gasteiger partial charge in [0.15, 0.2) is 5.69 Å². The number of unbranched alkanes of at least 4 members (excludes halogenated alkanes) is 3. The SMILES string of the molecule is CCCCCCNC(=O)C(C)n1nc(C(F)(F)F)c(Cl)c1C1CC1. The number of rotatable bonds is 8. The van der Waals surface area contributed by atoms with Crippen LogP contribution < -0.4 is 5.32 Å². The average Bonchev–Trinajstić information content (AvgIpc) is 3.27. The molecule has 8 heteroatoms. The number of carbonyl (C=O) groups excluding carboxylic acids is 1. The maximum Gasteiger partial charge on any atom is 0.436 e. The highest BCUT2D eigenvalue weighted by atomic mass is 35.5. The molecule has 0 aliphatic heterocycles. The lowest BCUT2D eigenvalue weighted by Crippen LogP contribution is -2.33. The van der Waals surface area contributed by atoms with E-state index >= 15 is 0 Å². The quantitative estimate of drug-likeness (QED) is 0.679. The Morgan fingerprint density at radius 1 is 1.38 bits per heavy atom. The lowest BCUT2D eigenvalue weighted by atomic mass is 10.2. The van der Waals surface area contributed by atoms with E-state index in [0.29, 0.717) is 12.2 Å². The smallest absolute Gasteiger partial charge is 0.354 e. The van der Waals surface area contributed by atoms with Gasteiger partial charge >= 0.3 is 6.18 Å². The molecule has 1 atom stereocenters. The van der Waals surface area contributed by atoms with Crippen molar-refractivity contribution in [3.63, 3.8) is 0 Å². The van der Waals surface area contributed by atoms with Crippen molar-refractivity contribution in [1.29, 1.82) is 0 Å². The van der Waals surface area contributed by atoms with E-state index in [2.05, 4.69) is 17.3 Å². The van der Waals surface area contributed by atoms with Gasteiger partial charge < -0.3 is 5.32 Å². The topological polar surface area (TPSA) is 46.9 Å². The van der Waals surface area contributed by atoms with E-state index < -0.39 is 17.9 Å². The summed E-state index contributed by atoms with van der Waals surface area (Å²) in [6, 6.07) is -0.819. The monoisotopic (exact) mass is 365 g/mol. The molecular formula is C16H23ClF3N3O. The zero-order valence-corrected chi connectivity index (χ0v) is 14.7. The van der Waals surface area contributed by atoms with Crippen LogP contribution in [-0.4, -0.2) is 22.2 Å². The molecule has 1 aliphatic carbocycles. The molecule has 4 nitrogen and oxygen atoms in total. The first-order chi connectivity index (χ1) is 11.3. The first kappa shape index (κ1) is 19.1. The van der Waals surface area contributed by atoms with Crippen LogP contribution in [0, 0.1) is 0 Å². The minimum atomic E-state index is -4.62. The minimum absolute atomic E-state index is 0.0408. The fourth-order valence-electron chi connectivity index (χ4n) is 2.65. The molecule has 0 spiro atoms. The van der Waals surface area contributed by atoms with Gasteiger partial charge in [0.25, 0.3) is 0 Å². The standard InChI is InChI=1S/C16H23ClF3N3O/c1-3-4-5-6-9-21-15(24)10(2)23-13(11-7-8-11)12(17)14(22-23)16(18,19)20/h10-11H,3-9H2,1-2H3,(H,21,24). The molecule has 1 heterocycles. The van der Waals surface area contributed by atoms with Gasteiger partial charge in [0.2, 0.25) is 5.91 Å². The van der Waals surface area contributed by atoms with Gasteiger partial charge in [-0.15, -0.1) is 0 Å². The van der Waals surface area contributed by atoms with Crippen molar-refractivity contribution in [2.24, 2.45) is 0 Å². The van der Waals surface area contributed by atoms with Crippen LogP contribution in [-0.2, 0) is 11.0 Å². The Morgan fingerprint density at radius 2 is 2.04 bits per heavy atom. The lowest BCUT2D eigenvalue weighted by Gasteiger charge is -2.15. The molecule has 1 amide bonds. The Bertz CT molecular complexity index is 582. The van der Waals surface area contributed by atoms with Crippen LogP contribution >= 0.6 is 11.6 Å². The zero-order chi connectivity index (χ0) is 17.9. The summed E-state index contributed by atoms with van der Waals surface area (Å²) in [7, 11) is 0. The molecule has 2 rings (SSSR count). The van der Waals surface area contributed by atoms with Gasteiger partial charge in [-0.3, -0.25) is 9.48 Å². The van der Waals surface area contributed by atoms with Gasteiger partial charge in [-0.25, -0.2) is 0 Å². The van der Waals surface area contributed by atoms with E-state index in [1.807, 2.05) is 0 Å². The number of nitrogens with one attached hydrogen (secondary N) is 1. The third kappa shape index (κ3) is 4.43. The van der Waals surface area contributed by atoms with Crippen LogP contribution in [0.15, 0.2) is 0 Å². The van der Waals surface area contributed by atoms with Crippen LogP contribution in [0.1, 0.15) is 75.7 Å². The largest absolute Gasteiger partial charge is 0.436 e. The maximum atomic E-state index is 13.1. The molecule has 1 unspecified atom stereocenters. The van der Waals surface area contributed by atoms with Gasteiger partial charge in [-0.2, -0.15) is 18.3 Å². The highest BCUT2D eigenvalue weighted by molar-refractivity contribution is 6.32. The van der Waals surface area contributed by atoms with Crippen molar-refractivity contribution in [1.82, 2.24) is 15.1 Å². The molecule has 0 aromatic carbocycles. The lowest BCUT2D eigenvalue weighted by molar-refractivity contribution is -0.141. The highest BCUT2D eigenvalue weighted by Gasteiger charge is 2.43. The van der Waals surface area contributed by atoms with Crippen LogP contribution in [0.4, 0.5) is 13.2 Å². The highest BCUT2D eigenvalue weighted by Crippen LogP contribution is 2.47. The summed E-state index contributed by atoms with van der Waals surface area (Å²) in [5, 5.41) is 6.02. The summed E-state index contributed by atoms with van der Waals surface area (Å²) in [5.74, 6) is -0.373. The van der Waals surface area contributed by atoms with E-state index in [4.69, 9.17) is 11.6 Å². The second-order valence-corrected chi connectivity index (χ2v) is 6.67. The normalized spacial score (nSPS) is 16.2. The van der Waals surface area contributed by atoms with Crippen LogP contribution in [0.5, 0.6) is 0 Å². The third-order valence-corrected chi connectivity index (χ3v) is 4.57. The van der Waals surface area contributed by atoms with Crippen molar-refractivity contribution in [3.05, 3.63) is 16.4 Å². The molecule has 136 valence electrons. The van der Waals surface area contributed by atoms with Gasteiger partial charge in [-0.05, 0) is 26.2 Å². The first-order valence-corrected chi connectivity index (χ1v) is 8.78. The fourth-order valence-corrected chi connectivity index (χ4v) is 3.03. The predicted octanol–water partition coefficient (Wildman–Crippen LogP) is 4.69. The molecule has 1 aliphatic rings. The van der Waals surface area contributed by atoms with Gasteiger partial charge in [-0.1, -0.05) is 37.8 Å². The molecule has 0 radical (unpaired) electrons. The van der Waals surface area contributed by atoms with Crippen LogP contribution in [0.2, 0.25) is 5.02 Å². The Morgan fingerprint density at radius 3 is 2.58 bits per heavy atom. The van der Waals surface area contributed by atoms with Gasteiger partial charge in [0, 0.05) is 12.5 Å². The Balaban J connectivity index is 2.10. The summed E-state index contributed by atoms with van der Waals surface area (Å²) < 4.78 is 40.3. The van der Waals surface area contributed by atoms with Crippen molar-refractivity contribution in [2.75, 3.05) is 6.54 Å². The number of amides is 1. The summed E-state index contributed by atoms with van der Waals surface area (Å²) in [5.41, 5.74) is -0.772. The first-order valence-electron chi connectivity index (χ1n) is 8.40. The number of nitrogens with zero attached hydrogens (tertiary/aromatic N) is 2. The fraction of sp³-hybridized carbons (Fsp3) is 0.750. The molecule has 1 N–H and O–H groups in total. The Kier molecular flexibility index (Phi) is 6.17. The number of aromatic nitrogens is 2. The number of hydrogen-bond donors (Lipinski definition) is 1. The van der Waals surface area contributed by atoms with Crippen molar-refractivity contribution >= 4 is 17.5 Å². The molecule has 1 saturated carbocycles. The van der Waals surface area contributed by atoms with Gasteiger partial charge in [0.1, 0.15) is 6.04 Å². The number of carbonyl (C=O) groups is 1. The van der Waals surface area contributed by atoms with E-state index in [-0.39, 0.29) is 16.8 Å². The maximum absolute atomic E-state index is 13.1. The number of hydrogen-bond acceptors (Lipinski definition) is 2. The second kappa shape index (κ2) is 7.76. The average molecular weight is 366 g/mol. The van der Waals surface area contributed by atoms with Crippen molar-refractivity contribution in [3.8, 4) is 0 Å². The van der Waals surface area contributed by atoms with Crippen LogP contribution in [0.25, 0.3) is 0 Å². The molecular weight excluding hydrogens is 343 g/mol. The molecule has 0 bridgehead atoms. The molecule has 1 aromatic rings. The Hall–Kier alpha value is -1.24. The second-order valence-electron chi connectivity index (χ2n) is 6.29. The molecule has 1 fully saturated rings. The van der Waals surface area contributed by atoms with Crippen molar-refractivity contribution in [2.45, 2.75) is 70.5 Å². The summed E-state index contributed by atoms with van der Waals surface area (Å²) >= 11 is 5.92. The van der Waals surface area contributed by atoms with E-state index in [1.54, 1.807) is 6.92 Å². The number of alkyl halides is 3. The van der Waals surface area contributed by atoms with E-state index in [0.717, 1.165) is 43.2 Å². The Labute approximate surface area is 144 Å². The third-order valence-electron chi connectivity index (χ3n) is 4.20. The van der Waals surface area contributed by atoms with Crippen molar-refractivity contribution < 1.29 is 18.0 Å².